The second kappa shape index (κ2) is 5.79. The van der Waals surface area contributed by atoms with Crippen LogP contribution < -0.4 is 4.74 Å². The number of carbonyl (C=O) groups excluding carboxylic acids is 1. The molecular weight excluding hydrogens is 266 g/mol. The lowest BCUT2D eigenvalue weighted by Crippen LogP contribution is -2.24. The van der Waals surface area contributed by atoms with Gasteiger partial charge >= 0.3 is 0 Å². The van der Waals surface area contributed by atoms with Crippen molar-refractivity contribution in [2.45, 2.75) is 6.10 Å². The first-order chi connectivity index (χ1) is 10.3. The highest BCUT2D eigenvalue weighted by Gasteiger charge is 2.28. The number of hydrogen-bond acceptors (Lipinski definition) is 4. The summed E-state index contributed by atoms with van der Waals surface area (Å²) >= 11 is 0. The largest absolute Gasteiger partial charge is 0.497 e. The Balaban J connectivity index is 1.70. The van der Waals surface area contributed by atoms with E-state index in [9.17, 15) is 4.79 Å². The molecule has 0 saturated carbocycles. The number of ether oxygens (including phenoxy) is 2. The number of aliphatic imine (C=N–C) groups is 1. The number of carbonyl (C=O) groups is 1. The van der Waals surface area contributed by atoms with Crippen molar-refractivity contribution in [2.24, 2.45) is 4.99 Å². The van der Waals surface area contributed by atoms with Crippen molar-refractivity contribution in [2.75, 3.05) is 13.7 Å². The van der Waals surface area contributed by atoms with Crippen LogP contribution in [-0.2, 0) is 4.74 Å². The number of rotatable bonds is 4. The van der Waals surface area contributed by atoms with Gasteiger partial charge in [0.25, 0.3) is 0 Å². The molecule has 0 N–H and O–H groups in total. The smallest absolute Gasteiger partial charge is 0.217 e. The topological polar surface area (TPSA) is 47.9 Å². The maximum absolute atomic E-state index is 12.4. The van der Waals surface area contributed by atoms with E-state index < -0.39 is 6.10 Å². The van der Waals surface area contributed by atoms with Crippen LogP contribution in [0.1, 0.15) is 15.9 Å². The Hall–Kier alpha value is -2.62. The Morgan fingerprint density at radius 2 is 1.86 bits per heavy atom. The van der Waals surface area contributed by atoms with E-state index >= 15 is 0 Å². The van der Waals surface area contributed by atoms with Gasteiger partial charge in [-0.3, -0.25) is 4.79 Å². The first kappa shape index (κ1) is 13.4. The molecule has 0 aromatic heterocycles. The van der Waals surface area contributed by atoms with E-state index in [1.807, 2.05) is 30.3 Å². The lowest BCUT2D eigenvalue weighted by Gasteiger charge is -2.10. The van der Waals surface area contributed by atoms with Crippen LogP contribution in [0.2, 0.25) is 0 Å². The van der Waals surface area contributed by atoms with Gasteiger partial charge in [0, 0.05) is 11.1 Å². The molecule has 0 fully saturated rings. The molecule has 2 aromatic rings. The second-order valence-electron chi connectivity index (χ2n) is 4.71. The molecule has 0 spiro atoms. The summed E-state index contributed by atoms with van der Waals surface area (Å²) in [5, 5.41) is 0. The van der Waals surface area contributed by atoms with Gasteiger partial charge < -0.3 is 9.47 Å². The van der Waals surface area contributed by atoms with Crippen molar-refractivity contribution in [3.8, 4) is 5.75 Å². The molecule has 1 aliphatic rings. The third kappa shape index (κ3) is 2.79. The first-order valence-corrected chi connectivity index (χ1v) is 6.73. The standard InChI is InChI=1S/C17H15NO3/c1-20-14-9-7-12(8-10-14)16(19)15-11-18-17(21-15)13-5-3-2-4-6-13/h2-10,15H,11H2,1H3. The van der Waals surface area contributed by atoms with Crippen molar-refractivity contribution < 1.29 is 14.3 Å². The van der Waals surface area contributed by atoms with Crippen molar-refractivity contribution >= 4 is 11.7 Å². The molecule has 1 aliphatic heterocycles. The van der Waals surface area contributed by atoms with E-state index in [0.29, 0.717) is 18.0 Å². The molecule has 1 atom stereocenters. The number of methoxy groups -OCH3 is 1. The third-order valence-electron chi connectivity index (χ3n) is 3.34. The number of ketones is 1. The monoisotopic (exact) mass is 281 g/mol. The fourth-order valence-electron chi connectivity index (χ4n) is 2.19. The van der Waals surface area contributed by atoms with E-state index in [0.717, 1.165) is 11.3 Å². The highest BCUT2D eigenvalue weighted by Crippen LogP contribution is 2.18. The zero-order valence-corrected chi connectivity index (χ0v) is 11.7. The molecule has 4 nitrogen and oxygen atoms in total. The summed E-state index contributed by atoms with van der Waals surface area (Å²) in [4.78, 5) is 16.7. The van der Waals surface area contributed by atoms with Crippen LogP contribution in [0.5, 0.6) is 5.75 Å². The molecule has 0 saturated heterocycles. The fraction of sp³-hybridized carbons (Fsp3) is 0.176. The van der Waals surface area contributed by atoms with Gasteiger partial charge in [0.05, 0.1) is 13.7 Å². The summed E-state index contributed by atoms with van der Waals surface area (Å²) in [6, 6.07) is 16.6. The van der Waals surface area contributed by atoms with Crippen molar-refractivity contribution in [1.82, 2.24) is 0 Å². The molecule has 3 rings (SSSR count). The Bertz CT molecular complexity index is 662. The summed E-state index contributed by atoms with van der Waals surface area (Å²) in [5.74, 6) is 1.19. The summed E-state index contributed by atoms with van der Waals surface area (Å²) in [5.41, 5.74) is 1.49. The molecule has 2 aromatic carbocycles. The number of benzene rings is 2. The predicted octanol–water partition coefficient (Wildman–Crippen LogP) is 2.72. The average Bonchev–Trinajstić information content (AvgIpc) is 3.05. The minimum absolute atomic E-state index is 0.0627. The maximum atomic E-state index is 12.4. The number of Topliss-reactive ketones (excluding diaryl/α,β-unsaturated/α-hetero) is 1. The van der Waals surface area contributed by atoms with Gasteiger partial charge in [0.1, 0.15) is 5.75 Å². The van der Waals surface area contributed by atoms with Gasteiger partial charge in [-0.1, -0.05) is 18.2 Å². The SMILES string of the molecule is COc1ccc(C(=O)C2CN=C(c3ccccc3)O2)cc1. The van der Waals surface area contributed by atoms with E-state index in [4.69, 9.17) is 9.47 Å². The summed E-state index contributed by atoms with van der Waals surface area (Å²) < 4.78 is 10.8. The van der Waals surface area contributed by atoms with E-state index in [1.54, 1.807) is 31.4 Å². The van der Waals surface area contributed by atoms with Crippen LogP contribution in [0.4, 0.5) is 0 Å². The molecule has 4 heteroatoms. The van der Waals surface area contributed by atoms with Gasteiger partial charge in [-0.05, 0) is 36.4 Å². The van der Waals surface area contributed by atoms with Crippen LogP contribution in [-0.4, -0.2) is 31.4 Å². The summed E-state index contributed by atoms with van der Waals surface area (Å²) in [6.45, 7) is 0.356. The van der Waals surface area contributed by atoms with Gasteiger partial charge in [-0.2, -0.15) is 0 Å². The Kier molecular flexibility index (Phi) is 3.69. The summed E-state index contributed by atoms with van der Waals surface area (Å²) in [6.07, 6.45) is -0.548. The first-order valence-electron chi connectivity index (χ1n) is 6.73. The van der Waals surface area contributed by atoms with Crippen LogP contribution in [0, 0.1) is 0 Å². The highest BCUT2D eigenvalue weighted by molar-refractivity contribution is 6.04. The average molecular weight is 281 g/mol. The van der Waals surface area contributed by atoms with Gasteiger partial charge in [-0.25, -0.2) is 4.99 Å². The van der Waals surface area contributed by atoms with Crippen molar-refractivity contribution in [3.63, 3.8) is 0 Å². The quantitative estimate of drug-likeness (QED) is 0.810. The number of nitrogens with zero attached hydrogens (tertiary/aromatic N) is 1. The molecule has 21 heavy (non-hydrogen) atoms. The third-order valence-corrected chi connectivity index (χ3v) is 3.34. The maximum Gasteiger partial charge on any atom is 0.217 e. The molecular formula is C17H15NO3. The Morgan fingerprint density at radius 1 is 1.14 bits per heavy atom. The Morgan fingerprint density at radius 3 is 2.52 bits per heavy atom. The number of hydrogen-bond donors (Lipinski definition) is 0. The fourth-order valence-corrected chi connectivity index (χ4v) is 2.19. The lowest BCUT2D eigenvalue weighted by molar-refractivity contribution is 0.0817. The minimum Gasteiger partial charge on any atom is -0.497 e. The molecule has 0 aliphatic carbocycles. The van der Waals surface area contributed by atoms with Crippen LogP contribution in [0.25, 0.3) is 0 Å². The molecule has 1 heterocycles. The highest BCUT2D eigenvalue weighted by atomic mass is 16.5. The summed E-state index contributed by atoms with van der Waals surface area (Å²) in [7, 11) is 1.59. The van der Waals surface area contributed by atoms with Crippen molar-refractivity contribution in [3.05, 3.63) is 65.7 Å². The van der Waals surface area contributed by atoms with Crippen LogP contribution >= 0.6 is 0 Å². The van der Waals surface area contributed by atoms with Gasteiger partial charge in [-0.15, -0.1) is 0 Å². The minimum atomic E-state index is -0.548. The van der Waals surface area contributed by atoms with Crippen LogP contribution in [0.15, 0.2) is 59.6 Å². The van der Waals surface area contributed by atoms with Gasteiger partial charge in [0.2, 0.25) is 11.7 Å². The lowest BCUT2D eigenvalue weighted by atomic mass is 10.1. The van der Waals surface area contributed by atoms with E-state index in [1.165, 1.54) is 0 Å². The van der Waals surface area contributed by atoms with Crippen LogP contribution in [0.3, 0.4) is 0 Å². The normalized spacial score (nSPS) is 17.0. The zero-order valence-electron chi connectivity index (χ0n) is 11.7. The van der Waals surface area contributed by atoms with E-state index in [2.05, 4.69) is 4.99 Å². The Labute approximate surface area is 123 Å². The predicted molar refractivity (Wildman–Crippen MR) is 80.0 cm³/mol. The van der Waals surface area contributed by atoms with E-state index in [-0.39, 0.29) is 5.78 Å². The van der Waals surface area contributed by atoms with Crippen molar-refractivity contribution in [1.29, 1.82) is 0 Å². The molecule has 0 amide bonds. The molecule has 1 unspecified atom stereocenters. The molecule has 0 bridgehead atoms. The second-order valence-corrected chi connectivity index (χ2v) is 4.71. The zero-order chi connectivity index (χ0) is 14.7. The van der Waals surface area contributed by atoms with Gasteiger partial charge in [0.15, 0.2) is 6.10 Å². The molecule has 106 valence electrons. The molecule has 0 radical (unpaired) electrons.